The molecular formula is C18H18ClN3O5S. The van der Waals surface area contributed by atoms with E-state index in [4.69, 9.17) is 11.6 Å². The highest BCUT2D eigenvalue weighted by Crippen LogP contribution is 2.25. The van der Waals surface area contributed by atoms with Crippen molar-refractivity contribution in [3.8, 4) is 0 Å². The summed E-state index contributed by atoms with van der Waals surface area (Å²) in [6.07, 6.45) is 0. The Labute approximate surface area is 167 Å². The van der Waals surface area contributed by atoms with E-state index in [2.05, 4.69) is 0 Å². The summed E-state index contributed by atoms with van der Waals surface area (Å²) in [6.45, 7) is 2.61. The smallest absolute Gasteiger partial charge is 0.270 e. The van der Waals surface area contributed by atoms with Gasteiger partial charge in [0.25, 0.3) is 11.6 Å². The summed E-state index contributed by atoms with van der Waals surface area (Å²) in [7, 11) is -3.62. The summed E-state index contributed by atoms with van der Waals surface area (Å²) in [5.74, 6) is -0.382. The Balaban J connectivity index is 1.70. The minimum absolute atomic E-state index is 0.00564. The Kier molecular flexibility index (Phi) is 5.69. The molecule has 0 saturated carbocycles. The van der Waals surface area contributed by atoms with Crippen molar-refractivity contribution in [1.29, 1.82) is 0 Å². The highest BCUT2D eigenvalue weighted by molar-refractivity contribution is 7.89. The van der Waals surface area contributed by atoms with Crippen molar-refractivity contribution in [3.63, 3.8) is 0 Å². The van der Waals surface area contributed by atoms with Crippen molar-refractivity contribution in [2.75, 3.05) is 26.2 Å². The van der Waals surface area contributed by atoms with Crippen LogP contribution in [-0.4, -0.2) is 54.6 Å². The Morgan fingerprint density at radius 1 is 1.07 bits per heavy atom. The highest BCUT2D eigenvalue weighted by atomic mass is 35.5. The summed E-state index contributed by atoms with van der Waals surface area (Å²) < 4.78 is 26.8. The molecule has 0 bridgehead atoms. The molecule has 0 radical (unpaired) electrons. The van der Waals surface area contributed by atoms with Gasteiger partial charge in [-0.3, -0.25) is 14.9 Å². The third-order valence-electron chi connectivity index (χ3n) is 4.58. The molecule has 2 aromatic carbocycles. The molecule has 148 valence electrons. The number of halogens is 1. The maximum absolute atomic E-state index is 12.7. The number of aryl methyl sites for hydroxylation is 1. The van der Waals surface area contributed by atoms with Crippen LogP contribution in [0, 0.1) is 17.0 Å². The monoisotopic (exact) mass is 423 g/mol. The van der Waals surface area contributed by atoms with Gasteiger partial charge >= 0.3 is 0 Å². The zero-order chi connectivity index (χ0) is 20.5. The van der Waals surface area contributed by atoms with Gasteiger partial charge in [-0.1, -0.05) is 29.3 Å². The third-order valence-corrected chi connectivity index (χ3v) is 6.80. The Hall–Kier alpha value is -2.49. The first-order valence-electron chi connectivity index (χ1n) is 8.50. The second-order valence-corrected chi connectivity index (χ2v) is 8.78. The maximum Gasteiger partial charge on any atom is 0.270 e. The quantitative estimate of drug-likeness (QED) is 0.555. The third kappa shape index (κ3) is 4.01. The van der Waals surface area contributed by atoms with Gasteiger partial charge in [-0.15, -0.1) is 0 Å². The molecule has 0 unspecified atom stereocenters. The number of carbonyl (C=O) groups excluding carboxylic acids is 1. The number of rotatable bonds is 4. The number of nitro groups is 1. The molecule has 1 heterocycles. The molecule has 28 heavy (non-hydrogen) atoms. The van der Waals surface area contributed by atoms with Gasteiger partial charge < -0.3 is 4.90 Å². The number of nitrogens with zero attached hydrogens (tertiary/aromatic N) is 3. The molecule has 0 atom stereocenters. The van der Waals surface area contributed by atoms with E-state index in [0.29, 0.717) is 0 Å². The molecule has 0 aromatic heterocycles. The van der Waals surface area contributed by atoms with Crippen LogP contribution in [0.15, 0.2) is 47.4 Å². The SMILES string of the molecule is Cc1ccc(S(=O)(=O)N2CCN(C(=O)c3ccc([N+](=O)[O-])cc3Cl)CC2)cc1. The van der Waals surface area contributed by atoms with Crippen LogP contribution in [0.1, 0.15) is 15.9 Å². The standard InChI is InChI=1S/C18H18ClN3O5S/c1-13-2-5-15(6-3-13)28(26,27)21-10-8-20(9-11-21)18(23)16-7-4-14(22(24)25)12-17(16)19/h2-7,12H,8-11H2,1H3. The number of nitro benzene ring substituents is 1. The Bertz CT molecular complexity index is 1020. The average molecular weight is 424 g/mol. The molecule has 2 aromatic rings. The number of piperazine rings is 1. The molecule has 1 amide bonds. The van der Waals surface area contributed by atoms with Gasteiger partial charge in [0.2, 0.25) is 10.0 Å². The van der Waals surface area contributed by atoms with Gasteiger partial charge in [0.05, 0.1) is 20.4 Å². The molecule has 0 N–H and O–H groups in total. The number of sulfonamides is 1. The lowest BCUT2D eigenvalue weighted by Gasteiger charge is -2.34. The van der Waals surface area contributed by atoms with E-state index in [9.17, 15) is 23.3 Å². The fourth-order valence-corrected chi connectivity index (χ4v) is 4.63. The largest absolute Gasteiger partial charge is 0.336 e. The predicted octanol–water partition coefficient (Wildman–Crippen LogP) is 2.70. The molecule has 3 rings (SSSR count). The van der Waals surface area contributed by atoms with E-state index in [0.717, 1.165) is 11.6 Å². The number of non-ortho nitro benzene ring substituents is 1. The van der Waals surface area contributed by atoms with E-state index in [1.165, 1.54) is 21.3 Å². The van der Waals surface area contributed by atoms with Crippen molar-refractivity contribution < 1.29 is 18.1 Å². The van der Waals surface area contributed by atoms with Crippen LogP contribution in [0.5, 0.6) is 0 Å². The first kappa shape index (κ1) is 20.2. The van der Waals surface area contributed by atoms with Crippen LogP contribution in [-0.2, 0) is 10.0 Å². The van der Waals surface area contributed by atoms with E-state index in [-0.39, 0.29) is 53.3 Å². The minimum atomic E-state index is -3.62. The second kappa shape index (κ2) is 7.86. The summed E-state index contributed by atoms with van der Waals surface area (Å²) in [4.78, 5) is 24.6. The highest BCUT2D eigenvalue weighted by Gasteiger charge is 2.31. The van der Waals surface area contributed by atoms with Crippen molar-refractivity contribution in [2.24, 2.45) is 0 Å². The van der Waals surface area contributed by atoms with Crippen LogP contribution >= 0.6 is 11.6 Å². The van der Waals surface area contributed by atoms with Crippen molar-refractivity contribution in [3.05, 3.63) is 68.7 Å². The first-order chi connectivity index (χ1) is 13.2. The number of benzene rings is 2. The van der Waals surface area contributed by atoms with Gasteiger partial charge in [-0.2, -0.15) is 4.31 Å². The molecule has 0 spiro atoms. The Morgan fingerprint density at radius 2 is 1.68 bits per heavy atom. The van der Waals surface area contributed by atoms with Gasteiger partial charge in [-0.25, -0.2) is 8.42 Å². The normalized spacial score (nSPS) is 15.4. The second-order valence-electron chi connectivity index (χ2n) is 6.43. The molecular weight excluding hydrogens is 406 g/mol. The van der Waals surface area contributed by atoms with Gasteiger partial charge in [-0.05, 0) is 25.1 Å². The van der Waals surface area contributed by atoms with Crippen LogP contribution in [0.4, 0.5) is 5.69 Å². The molecule has 1 saturated heterocycles. The number of hydrogen-bond acceptors (Lipinski definition) is 5. The maximum atomic E-state index is 12.7. The van der Waals surface area contributed by atoms with Crippen molar-refractivity contribution in [2.45, 2.75) is 11.8 Å². The Morgan fingerprint density at radius 3 is 2.21 bits per heavy atom. The summed E-state index contributed by atoms with van der Waals surface area (Å²) in [5, 5.41) is 10.8. The number of amides is 1. The van der Waals surface area contributed by atoms with E-state index < -0.39 is 14.9 Å². The minimum Gasteiger partial charge on any atom is -0.336 e. The van der Waals surface area contributed by atoms with E-state index >= 15 is 0 Å². The van der Waals surface area contributed by atoms with Gasteiger partial charge in [0.15, 0.2) is 0 Å². The van der Waals surface area contributed by atoms with Crippen LogP contribution in [0.25, 0.3) is 0 Å². The fourth-order valence-electron chi connectivity index (χ4n) is 2.95. The zero-order valence-electron chi connectivity index (χ0n) is 15.0. The van der Waals surface area contributed by atoms with Crippen LogP contribution < -0.4 is 0 Å². The lowest BCUT2D eigenvalue weighted by molar-refractivity contribution is -0.384. The first-order valence-corrected chi connectivity index (χ1v) is 10.3. The lowest BCUT2D eigenvalue weighted by atomic mass is 10.1. The molecule has 1 fully saturated rings. The van der Waals surface area contributed by atoms with Gasteiger partial charge in [0, 0.05) is 38.3 Å². The molecule has 8 nitrogen and oxygen atoms in total. The molecule has 0 aliphatic carbocycles. The number of hydrogen-bond donors (Lipinski definition) is 0. The van der Waals surface area contributed by atoms with Crippen LogP contribution in [0.2, 0.25) is 5.02 Å². The van der Waals surface area contributed by atoms with Crippen molar-refractivity contribution in [1.82, 2.24) is 9.21 Å². The van der Waals surface area contributed by atoms with E-state index in [1.807, 2.05) is 6.92 Å². The summed E-state index contributed by atoms with van der Waals surface area (Å²) in [6, 6.07) is 10.3. The van der Waals surface area contributed by atoms with Crippen LogP contribution in [0.3, 0.4) is 0 Å². The molecule has 10 heteroatoms. The summed E-state index contributed by atoms with van der Waals surface area (Å²) in [5.41, 5.74) is 0.923. The van der Waals surface area contributed by atoms with Crippen molar-refractivity contribution >= 4 is 33.2 Å². The van der Waals surface area contributed by atoms with E-state index in [1.54, 1.807) is 24.3 Å². The molecule has 1 aliphatic heterocycles. The zero-order valence-corrected chi connectivity index (χ0v) is 16.6. The summed E-state index contributed by atoms with van der Waals surface area (Å²) >= 11 is 6.02. The molecule has 1 aliphatic rings. The van der Waals surface area contributed by atoms with Gasteiger partial charge in [0.1, 0.15) is 0 Å². The lowest BCUT2D eigenvalue weighted by Crippen LogP contribution is -2.50. The predicted molar refractivity (Wildman–Crippen MR) is 104 cm³/mol. The number of carbonyl (C=O) groups is 1. The topological polar surface area (TPSA) is 101 Å². The average Bonchev–Trinajstić information content (AvgIpc) is 2.67. The fraction of sp³-hybridized carbons (Fsp3) is 0.278.